The molecule has 0 N–H and O–H groups in total. The summed E-state index contributed by atoms with van der Waals surface area (Å²) in [6.45, 7) is 4.36. The van der Waals surface area contributed by atoms with Gasteiger partial charge in [0.2, 0.25) is 0 Å². The van der Waals surface area contributed by atoms with Crippen molar-refractivity contribution in [3.05, 3.63) is 39.3 Å². The zero-order chi connectivity index (χ0) is 12.4. The van der Waals surface area contributed by atoms with E-state index in [2.05, 4.69) is 24.2 Å². The molecule has 1 aromatic heterocycles. The smallest absolute Gasteiger partial charge is 0.123 e. The standard InChI is InChI=1S/C13H13Cl2NS/c1-3-8(2)12-7-17-13(16-12)9-4-5-10(14)11(15)6-9/h4-8H,3H2,1-2H3. The first kappa shape index (κ1) is 12.9. The number of hydrogen-bond acceptors (Lipinski definition) is 2. The Kier molecular flexibility index (Phi) is 4.08. The normalized spacial score (nSPS) is 12.7. The fourth-order valence-corrected chi connectivity index (χ4v) is 2.72. The Labute approximate surface area is 115 Å². The van der Waals surface area contributed by atoms with Crippen molar-refractivity contribution in [2.45, 2.75) is 26.2 Å². The number of nitrogens with zero attached hydrogens (tertiary/aromatic N) is 1. The molecule has 2 rings (SSSR count). The Morgan fingerprint density at radius 1 is 1.29 bits per heavy atom. The van der Waals surface area contributed by atoms with Crippen LogP contribution in [0.1, 0.15) is 31.9 Å². The van der Waals surface area contributed by atoms with Gasteiger partial charge >= 0.3 is 0 Å². The van der Waals surface area contributed by atoms with Gasteiger partial charge in [0.1, 0.15) is 5.01 Å². The Hall–Kier alpha value is -0.570. The fraction of sp³-hybridized carbons (Fsp3) is 0.308. The number of rotatable bonds is 3. The van der Waals surface area contributed by atoms with E-state index in [1.807, 2.05) is 18.2 Å². The lowest BCUT2D eigenvalue weighted by Gasteiger charge is -2.03. The first-order valence-electron chi connectivity index (χ1n) is 5.52. The summed E-state index contributed by atoms with van der Waals surface area (Å²) in [5, 5.41) is 4.27. The van der Waals surface area contributed by atoms with E-state index in [0.29, 0.717) is 16.0 Å². The molecule has 1 aromatic carbocycles. The highest BCUT2D eigenvalue weighted by molar-refractivity contribution is 7.13. The summed E-state index contributed by atoms with van der Waals surface area (Å²) in [6.07, 6.45) is 1.10. The van der Waals surface area contributed by atoms with Crippen LogP contribution in [0.2, 0.25) is 10.0 Å². The van der Waals surface area contributed by atoms with Crippen molar-refractivity contribution >= 4 is 34.5 Å². The molecule has 0 amide bonds. The Bertz CT molecular complexity index is 522. The SMILES string of the molecule is CCC(C)c1csc(-c2ccc(Cl)c(Cl)c2)n1. The summed E-state index contributed by atoms with van der Waals surface area (Å²) < 4.78 is 0. The predicted octanol–water partition coefficient (Wildman–Crippen LogP) is 5.63. The van der Waals surface area contributed by atoms with Gasteiger partial charge in [0, 0.05) is 10.9 Å². The van der Waals surface area contributed by atoms with Crippen molar-refractivity contribution in [1.29, 1.82) is 0 Å². The molecule has 0 saturated heterocycles. The summed E-state index contributed by atoms with van der Waals surface area (Å²) in [6, 6.07) is 5.63. The van der Waals surface area contributed by atoms with E-state index >= 15 is 0 Å². The van der Waals surface area contributed by atoms with Crippen molar-refractivity contribution in [2.24, 2.45) is 0 Å². The molecule has 2 aromatic rings. The molecule has 1 atom stereocenters. The maximum Gasteiger partial charge on any atom is 0.123 e. The molecule has 0 bridgehead atoms. The van der Waals surface area contributed by atoms with Gasteiger partial charge in [-0.2, -0.15) is 0 Å². The number of thiazole rings is 1. The van der Waals surface area contributed by atoms with Gasteiger partial charge in [0.05, 0.1) is 15.7 Å². The summed E-state index contributed by atoms with van der Waals surface area (Å²) in [7, 11) is 0. The molecule has 0 spiro atoms. The summed E-state index contributed by atoms with van der Waals surface area (Å²) in [4.78, 5) is 4.64. The molecule has 4 heteroatoms. The van der Waals surface area contributed by atoms with E-state index in [-0.39, 0.29) is 0 Å². The molecule has 0 aliphatic carbocycles. The van der Waals surface area contributed by atoms with Gasteiger partial charge in [-0.1, -0.05) is 43.1 Å². The number of benzene rings is 1. The largest absolute Gasteiger partial charge is 0.241 e. The highest BCUT2D eigenvalue weighted by Gasteiger charge is 2.10. The summed E-state index contributed by atoms with van der Waals surface area (Å²) in [5.74, 6) is 0.503. The van der Waals surface area contributed by atoms with Gasteiger partial charge in [-0.05, 0) is 24.5 Å². The molecule has 1 nitrogen and oxygen atoms in total. The van der Waals surface area contributed by atoms with E-state index in [9.17, 15) is 0 Å². The van der Waals surface area contributed by atoms with Crippen molar-refractivity contribution < 1.29 is 0 Å². The van der Waals surface area contributed by atoms with Gasteiger partial charge in [0.15, 0.2) is 0 Å². The highest BCUT2D eigenvalue weighted by Crippen LogP contribution is 2.32. The number of halogens is 2. The van der Waals surface area contributed by atoms with Crippen LogP contribution in [0.3, 0.4) is 0 Å². The van der Waals surface area contributed by atoms with Crippen LogP contribution >= 0.6 is 34.5 Å². The van der Waals surface area contributed by atoms with Gasteiger partial charge in [0.25, 0.3) is 0 Å². The molecule has 17 heavy (non-hydrogen) atoms. The molecule has 0 fully saturated rings. The average Bonchev–Trinajstić information content (AvgIpc) is 2.81. The van der Waals surface area contributed by atoms with Gasteiger partial charge in [-0.15, -0.1) is 11.3 Å². The van der Waals surface area contributed by atoms with Crippen molar-refractivity contribution in [2.75, 3.05) is 0 Å². The lowest BCUT2D eigenvalue weighted by Crippen LogP contribution is -1.90. The van der Waals surface area contributed by atoms with Crippen LogP contribution in [0.25, 0.3) is 10.6 Å². The van der Waals surface area contributed by atoms with E-state index in [4.69, 9.17) is 23.2 Å². The molecule has 0 aliphatic heterocycles. The minimum absolute atomic E-state index is 0.503. The quantitative estimate of drug-likeness (QED) is 0.712. The van der Waals surface area contributed by atoms with Gasteiger partial charge in [-0.3, -0.25) is 0 Å². The van der Waals surface area contributed by atoms with Crippen molar-refractivity contribution in [3.8, 4) is 10.6 Å². The molecular formula is C13H13Cl2NS. The lowest BCUT2D eigenvalue weighted by molar-refractivity contribution is 0.714. The second-order valence-electron chi connectivity index (χ2n) is 4.02. The molecule has 1 heterocycles. The molecule has 0 aliphatic rings. The third-order valence-corrected chi connectivity index (χ3v) is 4.45. The second-order valence-corrected chi connectivity index (χ2v) is 5.69. The van der Waals surface area contributed by atoms with Crippen LogP contribution in [-0.4, -0.2) is 4.98 Å². The van der Waals surface area contributed by atoms with E-state index < -0.39 is 0 Å². The Balaban J connectivity index is 2.33. The Morgan fingerprint density at radius 3 is 2.71 bits per heavy atom. The van der Waals surface area contributed by atoms with E-state index in [1.165, 1.54) is 0 Å². The number of hydrogen-bond donors (Lipinski definition) is 0. The zero-order valence-corrected chi connectivity index (χ0v) is 12.0. The minimum Gasteiger partial charge on any atom is -0.241 e. The van der Waals surface area contributed by atoms with Gasteiger partial charge < -0.3 is 0 Å². The maximum atomic E-state index is 6.01. The summed E-state index contributed by atoms with van der Waals surface area (Å²) >= 11 is 13.6. The molecule has 0 radical (unpaired) electrons. The molecule has 1 unspecified atom stereocenters. The predicted molar refractivity (Wildman–Crippen MR) is 76.3 cm³/mol. The minimum atomic E-state index is 0.503. The van der Waals surface area contributed by atoms with E-state index in [0.717, 1.165) is 22.7 Å². The molecule has 0 saturated carbocycles. The van der Waals surface area contributed by atoms with Crippen LogP contribution in [0.5, 0.6) is 0 Å². The third-order valence-electron chi connectivity index (χ3n) is 2.81. The van der Waals surface area contributed by atoms with E-state index in [1.54, 1.807) is 11.3 Å². The lowest BCUT2D eigenvalue weighted by atomic mass is 10.1. The van der Waals surface area contributed by atoms with Crippen molar-refractivity contribution in [1.82, 2.24) is 4.98 Å². The fourth-order valence-electron chi connectivity index (χ4n) is 1.48. The van der Waals surface area contributed by atoms with Crippen LogP contribution < -0.4 is 0 Å². The van der Waals surface area contributed by atoms with Crippen LogP contribution in [-0.2, 0) is 0 Å². The monoisotopic (exact) mass is 285 g/mol. The molecular weight excluding hydrogens is 273 g/mol. The topological polar surface area (TPSA) is 12.9 Å². The highest BCUT2D eigenvalue weighted by atomic mass is 35.5. The number of aromatic nitrogens is 1. The second kappa shape index (κ2) is 5.38. The van der Waals surface area contributed by atoms with Crippen LogP contribution in [0.4, 0.5) is 0 Å². The zero-order valence-electron chi connectivity index (χ0n) is 9.71. The first-order valence-corrected chi connectivity index (χ1v) is 7.16. The van der Waals surface area contributed by atoms with Crippen LogP contribution in [0, 0.1) is 0 Å². The average molecular weight is 286 g/mol. The maximum absolute atomic E-state index is 6.01. The van der Waals surface area contributed by atoms with Crippen LogP contribution in [0.15, 0.2) is 23.6 Å². The molecule has 90 valence electrons. The first-order chi connectivity index (χ1) is 8.11. The summed E-state index contributed by atoms with van der Waals surface area (Å²) in [5.41, 5.74) is 2.18. The Morgan fingerprint density at radius 2 is 2.06 bits per heavy atom. The van der Waals surface area contributed by atoms with Gasteiger partial charge in [-0.25, -0.2) is 4.98 Å². The third kappa shape index (κ3) is 2.82. The van der Waals surface area contributed by atoms with Crippen molar-refractivity contribution in [3.63, 3.8) is 0 Å².